The van der Waals surface area contributed by atoms with Crippen molar-refractivity contribution in [2.45, 2.75) is 31.3 Å². The Morgan fingerprint density at radius 1 is 1.19 bits per heavy atom. The molecule has 1 unspecified atom stereocenters. The van der Waals surface area contributed by atoms with Crippen LogP contribution in [-0.2, 0) is 18.5 Å². The predicted octanol–water partition coefficient (Wildman–Crippen LogP) is 2.70. The molecule has 0 saturated carbocycles. The first-order chi connectivity index (χ1) is 10.3. The van der Waals surface area contributed by atoms with Gasteiger partial charge >= 0.3 is 0 Å². The maximum Gasteiger partial charge on any atom is 0.0586 e. The Morgan fingerprint density at radius 3 is 2.71 bits per heavy atom. The Kier molecular flexibility index (Phi) is 4.04. The van der Waals surface area contributed by atoms with Crippen LogP contribution in [0, 0.1) is 0 Å². The van der Waals surface area contributed by atoms with Gasteiger partial charge in [0.1, 0.15) is 0 Å². The number of hydrogen-bond donors (Lipinski definition) is 1. The highest BCUT2D eigenvalue weighted by Gasteiger charge is 2.38. The normalized spacial score (nSPS) is 21.3. The van der Waals surface area contributed by atoms with E-state index in [0.29, 0.717) is 6.54 Å². The van der Waals surface area contributed by atoms with Crippen molar-refractivity contribution in [2.75, 3.05) is 13.6 Å². The van der Waals surface area contributed by atoms with Gasteiger partial charge in [-0.2, -0.15) is 0 Å². The number of nitrogens with two attached hydrogens (primary N) is 1. The fraction of sp³-hybridized carbons (Fsp3) is 0.389. The fourth-order valence-corrected chi connectivity index (χ4v) is 3.58. The van der Waals surface area contributed by atoms with E-state index in [1.54, 1.807) is 0 Å². The summed E-state index contributed by atoms with van der Waals surface area (Å²) in [6, 6.07) is 12.9. The van der Waals surface area contributed by atoms with E-state index in [1.807, 2.05) is 12.4 Å². The van der Waals surface area contributed by atoms with Crippen molar-refractivity contribution in [3.05, 3.63) is 65.5 Å². The summed E-state index contributed by atoms with van der Waals surface area (Å²) in [5.74, 6) is 0. The average molecular weight is 281 g/mol. The number of nitrogens with zero attached hydrogens (tertiary/aromatic N) is 2. The van der Waals surface area contributed by atoms with Crippen LogP contribution in [0.15, 0.2) is 48.8 Å². The number of likely N-dealkylation sites (N-methyl/N-ethyl adjacent to an activating group) is 1. The van der Waals surface area contributed by atoms with Gasteiger partial charge in [-0.05, 0) is 55.1 Å². The first-order valence-corrected chi connectivity index (χ1v) is 7.65. The Balaban J connectivity index is 1.94. The molecule has 2 aromatic rings. The topological polar surface area (TPSA) is 42.2 Å². The molecule has 1 heterocycles. The summed E-state index contributed by atoms with van der Waals surface area (Å²) in [5.41, 5.74) is 10.4. The number of aromatic nitrogens is 1. The van der Waals surface area contributed by atoms with Gasteiger partial charge in [-0.3, -0.25) is 9.88 Å². The van der Waals surface area contributed by atoms with Crippen molar-refractivity contribution < 1.29 is 0 Å². The molecule has 0 spiro atoms. The summed E-state index contributed by atoms with van der Waals surface area (Å²) < 4.78 is 0. The van der Waals surface area contributed by atoms with Gasteiger partial charge in [-0.15, -0.1) is 0 Å². The molecule has 3 nitrogen and oxygen atoms in total. The molecule has 0 saturated heterocycles. The lowest BCUT2D eigenvalue weighted by atomic mass is 9.75. The highest BCUT2D eigenvalue weighted by atomic mass is 15.2. The standard InChI is InChI=1S/C18H23N3/c1-21(13-15-8-11-20-12-9-15)18(14-19)10-4-6-16-5-2-3-7-17(16)18/h2-3,5,7-9,11-12H,4,6,10,13-14,19H2,1H3. The number of rotatable bonds is 4. The maximum absolute atomic E-state index is 6.25. The zero-order valence-electron chi connectivity index (χ0n) is 12.6. The van der Waals surface area contributed by atoms with Gasteiger partial charge in [0, 0.05) is 25.5 Å². The molecule has 1 aliphatic carbocycles. The first kappa shape index (κ1) is 14.2. The van der Waals surface area contributed by atoms with Crippen LogP contribution in [0.5, 0.6) is 0 Å². The summed E-state index contributed by atoms with van der Waals surface area (Å²) >= 11 is 0. The lowest BCUT2D eigenvalue weighted by Gasteiger charge is -2.45. The number of fused-ring (bicyclic) bond motifs is 1. The number of hydrogen-bond acceptors (Lipinski definition) is 3. The molecular weight excluding hydrogens is 258 g/mol. The minimum Gasteiger partial charge on any atom is -0.328 e. The molecule has 0 amide bonds. The van der Waals surface area contributed by atoms with Gasteiger partial charge in [0.05, 0.1) is 5.54 Å². The van der Waals surface area contributed by atoms with Crippen LogP contribution in [0.3, 0.4) is 0 Å². The Morgan fingerprint density at radius 2 is 1.95 bits per heavy atom. The second kappa shape index (κ2) is 5.96. The van der Waals surface area contributed by atoms with E-state index in [1.165, 1.54) is 29.5 Å². The van der Waals surface area contributed by atoms with Gasteiger partial charge in [0.25, 0.3) is 0 Å². The summed E-state index contributed by atoms with van der Waals surface area (Å²) in [6.45, 7) is 1.56. The molecule has 1 atom stereocenters. The fourth-order valence-electron chi connectivity index (χ4n) is 3.58. The number of pyridine rings is 1. The van der Waals surface area contributed by atoms with Gasteiger partial charge in [0.15, 0.2) is 0 Å². The van der Waals surface area contributed by atoms with E-state index in [4.69, 9.17) is 5.73 Å². The molecule has 0 aliphatic heterocycles. The zero-order chi connectivity index (χ0) is 14.7. The molecule has 3 heteroatoms. The molecule has 1 aromatic heterocycles. The zero-order valence-corrected chi connectivity index (χ0v) is 12.6. The van der Waals surface area contributed by atoms with Crippen LogP contribution in [0.4, 0.5) is 0 Å². The SMILES string of the molecule is CN(Cc1ccncc1)C1(CN)CCCc2ccccc21. The van der Waals surface area contributed by atoms with Gasteiger partial charge in [-0.25, -0.2) is 0 Å². The molecule has 0 radical (unpaired) electrons. The number of aryl methyl sites for hydroxylation is 1. The van der Waals surface area contributed by atoms with Crippen LogP contribution in [0.2, 0.25) is 0 Å². The second-order valence-corrected chi connectivity index (χ2v) is 5.96. The maximum atomic E-state index is 6.25. The third kappa shape index (κ3) is 2.59. The molecule has 2 N–H and O–H groups in total. The van der Waals surface area contributed by atoms with Gasteiger partial charge in [-0.1, -0.05) is 24.3 Å². The molecule has 0 fully saturated rings. The lowest BCUT2D eigenvalue weighted by Crippen LogP contribution is -2.51. The van der Waals surface area contributed by atoms with E-state index < -0.39 is 0 Å². The van der Waals surface area contributed by atoms with Crippen molar-refractivity contribution in [3.63, 3.8) is 0 Å². The second-order valence-electron chi connectivity index (χ2n) is 5.96. The van der Waals surface area contributed by atoms with Gasteiger partial charge < -0.3 is 5.73 Å². The monoisotopic (exact) mass is 281 g/mol. The minimum absolute atomic E-state index is 0.0435. The Labute approximate surface area is 126 Å². The first-order valence-electron chi connectivity index (χ1n) is 7.65. The van der Waals surface area contributed by atoms with Crippen molar-refractivity contribution >= 4 is 0 Å². The highest BCUT2D eigenvalue weighted by Crippen LogP contribution is 2.39. The highest BCUT2D eigenvalue weighted by molar-refractivity contribution is 5.37. The van der Waals surface area contributed by atoms with E-state index in [9.17, 15) is 0 Å². The molecule has 21 heavy (non-hydrogen) atoms. The molecule has 1 aromatic carbocycles. The van der Waals surface area contributed by atoms with Crippen LogP contribution >= 0.6 is 0 Å². The molecule has 3 rings (SSSR count). The quantitative estimate of drug-likeness (QED) is 0.937. The smallest absolute Gasteiger partial charge is 0.0586 e. The van der Waals surface area contributed by atoms with Crippen LogP contribution in [0.25, 0.3) is 0 Å². The summed E-state index contributed by atoms with van der Waals surface area (Å²) in [5, 5.41) is 0. The predicted molar refractivity (Wildman–Crippen MR) is 85.8 cm³/mol. The Hall–Kier alpha value is -1.71. The van der Waals surface area contributed by atoms with E-state index >= 15 is 0 Å². The van der Waals surface area contributed by atoms with Gasteiger partial charge in [0.2, 0.25) is 0 Å². The number of benzene rings is 1. The largest absolute Gasteiger partial charge is 0.328 e. The average Bonchev–Trinajstić information content (AvgIpc) is 2.55. The summed E-state index contributed by atoms with van der Waals surface area (Å²) in [6.07, 6.45) is 7.21. The minimum atomic E-state index is -0.0435. The van der Waals surface area contributed by atoms with E-state index in [-0.39, 0.29) is 5.54 Å². The van der Waals surface area contributed by atoms with Crippen LogP contribution < -0.4 is 5.73 Å². The van der Waals surface area contributed by atoms with Crippen molar-refractivity contribution in [3.8, 4) is 0 Å². The third-order valence-corrected chi connectivity index (χ3v) is 4.79. The van der Waals surface area contributed by atoms with E-state index in [0.717, 1.165) is 13.0 Å². The van der Waals surface area contributed by atoms with Crippen LogP contribution in [-0.4, -0.2) is 23.5 Å². The molecule has 0 bridgehead atoms. The third-order valence-electron chi connectivity index (χ3n) is 4.79. The van der Waals surface area contributed by atoms with Crippen molar-refractivity contribution in [1.29, 1.82) is 0 Å². The molecular formula is C18H23N3. The van der Waals surface area contributed by atoms with Crippen molar-refractivity contribution in [2.24, 2.45) is 5.73 Å². The van der Waals surface area contributed by atoms with E-state index in [2.05, 4.69) is 53.3 Å². The summed E-state index contributed by atoms with van der Waals surface area (Å²) in [7, 11) is 2.19. The summed E-state index contributed by atoms with van der Waals surface area (Å²) in [4.78, 5) is 6.51. The molecule has 110 valence electrons. The Bertz CT molecular complexity index is 596. The molecule has 1 aliphatic rings. The van der Waals surface area contributed by atoms with Crippen molar-refractivity contribution in [1.82, 2.24) is 9.88 Å². The lowest BCUT2D eigenvalue weighted by molar-refractivity contribution is 0.0959. The van der Waals surface area contributed by atoms with Crippen LogP contribution in [0.1, 0.15) is 29.5 Å².